The van der Waals surface area contributed by atoms with Gasteiger partial charge < -0.3 is 4.74 Å². The number of aryl methyl sites for hydroxylation is 1. The first-order valence-electron chi connectivity index (χ1n) is 9.45. The van der Waals surface area contributed by atoms with Gasteiger partial charge in [0.05, 0.1) is 10.6 Å². The zero-order valence-electron chi connectivity index (χ0n) is 15.4. The third-order valence-corrected chi connectivity index (χ3v) is 5.71. The van der Waals surface area contributed by atoms with Gasteiger partial charge in [0, 0.05) is 0 Å². The van der Waals surface area contributed by atoms with Gasteiger partial charge in [0.1, 0.15) is 11.6 Å². The van der Waals surface area contributed by atoms with Crippen molar-refractivity contribution in [1.82, 2.24) is 0 Å². The zero-order valence-corrected chi connectivity index (χ0v) is 16.1. The number of halogens is 4. The summed E-state index contributed by atoms with van der Waals surface area (Å²) in [7, 11) is 0. The van der Waals surface area contributed by atoms with Crippen LogP contribution in [0.2, 0.25) is 5.02 Å². The summed E-state index contributed by atoms with van der Waals surface area (Å²) in [6, 6.07) is 9.57. The average molecular weight is 397 g/mol. The number of ether oxygens (including phenoxy) is 1. The highest BCUT2D eigenvalue weighted by atomic mass is 35.5. The van der Waals surface area contributed by atoms with Gasteiger partial charge in [-0.3, -0.25) is 0 Å². The molecule has 0 atom stereocenters. The third kappa shape index (κ3) is 5.41. The lowest BCUT2D eigenvalue weighted by Gasteiger charge is -2.26. The molecule has 1 fully saturated rings. The first kappa shape index (κ1) is 20.1. The predicted molar refractivity (Wildman–Crippen MR) is 102 cm³/mol. The van der Waals surface area contributed by atoms with Crippen molar-refractivity contribution in [3.05, 3.63) is 64.4 Å². The molecule has 0 amide bonds. The highest BCUT2D eigenvalue weighted by Crippen LogP contribution is 2.34. The molecule has 1 saturated carbocycles. The number of alkyl halides is 2. The van der Waals surface area contributed by atoms with Crippen molar-refractivity contribution in [2.45, 2.75) is 51.6 Å². The first-order chi connectivity index (χ1) is 12.8. The number of rotatable bonds is 6. The van der Waals surface area contributed by atoms with Gasteiger partial charge in [-0.15, -0.1) is 0 Å². The Bertz CT molecular complexity index is 753. The Balaban J connectivity index is 1.57. The lowest BCUT2D eigenvalue weighted by Crippen LogP contribution is -2.22. The van der Waals surface area contributed by atoms with E-state index in [1.165, 1.54) is 25.7 Å². The van der Waals surface area contributed by atoms with Crippen LogP contribution >= 0.6 is 11.6 Å². The van der Waals surface area contributed by atoms with E-state index < -0.39 is 17.5 Å². The topological polar surface area (TPSA) is 9.23 Å². The van der Waals surface area contributed by atoms with E-state index in [-0.39, 0.29) is 10.8 Å². The van der Waals surface area contributed by atoms with Crippen molar-refractivity contribution < 1.29 is 17.9 Å². The molecule has 1 nitrogen and oxygen atoms in total. The van der Waals surface area contributed by atoms with Gasteiger partial charge in [0.25, 0.3) is 0 Å². The quantitative estimate of drug-likeness (QED) is 0.495. The summed E-state index contributed by atoms with van der Waals surface area (Å²) < 4.78 is 46.7. The second kappa shape index (κ2) is 8.55. The van der Waals surface area contributed by atoms with Crippen molar-refractivity contribution in [1.29, 1.82) is 0 Å². The molecule has 27 heavy (non-hydrogen) atoms. The summed E-state index contributed by atoms with van der Waals surface area (Å²) in [5, 5.41) is -0.202. The van der Waals surface area contributed by atoms with Crippen LogP contribution in [0, 0.1) is 17.7 Å². The van der Waals surface area contributed by atoms with Crippen LogP contribution in [0.25, 0.3) is 0 Å². The van der Waals surface area contributed by atoms with Gasteiger partial charge in [0.2, 0.25) is 0 Å². The van der Waals surface area contributed by atoms with E-state index >= 15 is 0 Å². The maximum absolute atomic E-state index is 14.2. The standard InChI is InChI=1S/C22H24ClF3O/c1-15-2-4-16(5-3-15)6-7-17-8-11-19(12-9-17)27-22(25,26)18-10-13-20(23)21(24)14-18/h8-16H,2-7H2,1H3. The average Bonchev–Trinajstić information content (AvgIpc) is 2.64. The summed E-state index contributed by atoms with van der Waals surface area (Å²) in [5.74, 6) is 0.755. The lowest BCUT2D eigenvalue weighted by atomic mass is 9.80. The van der Waals surface area contributed by atoms with Gasteiger partial charge in [-0.25, -0.2) is 4.39 Å². The van der Waals surface area contributed by atoms with Crippen molar-refractivity contribution in [2.24, 2.45) is 11.8 Å². The molecule has 0 aliphatic heterocycles. The predicted octanol–water partition coefficient (Wildman–Crippen LogP) is 7.37. The van der Waals surface area contributed by atoms with Crippen molar-refractivity contribution in [3.63, 3.8) is 0 Å². The van der Waals surface area contributed by atoms with Gasteiger partial charge in [-0.2, -0.15) is 8.78 Å². The molecule has 1 aliphatic rings. The van der Waals surface area contributed by atoms with Gasteiger partial charge in [-0.05, 0) is 60.6 Å². The van der Waals surface area contributed by atoms with Crippen LogP contribution in [0.1, 0.15) is 50.2 Å². The summed E-state index contributed by atoms with van der Waals surface area (Å²) in [5.41, 5.74) is 0.543. The fraction of sp³-hybridized carbons (Fsp3) is 0.455. The van der Waals surface area contributed by atoms with Gasteiger partial charge >= 0.3 is 6.11 Å². The van der Waals surface area contributed by atoms with E-state index in [2.05, 4.69) is 6.92 Å². The van der Waals surface area contributed by atoms with Crippen molar-refractivity contribution in [3.8, 4) is 5.75 Å². The molecule has 2 aromatic rings. The maximum Gasteiger partial charge on any atom is 0.426 e. The van der Waals surface area contributed by atoms with E-state index in [1.807, 2.05) is 12.1 Å². The van der Waals surface area contributed by atoms with Gasteiger partial charge in [-0.1, -0.05) is 56.3 Å². The fourth-order valence-corrected chi connectivity index (χ4v) is 3.71. The minimum absolute atomic E-state index is 0.0469. The van der Waals surface area contributed by atoms with Crippen LogP contribution in [0.15, 0.2) is 42.5 Å². The second-order valence-electron chi connectivity index (χ2n) is 7.56. The molecule has 2 aromatic carbocycles. The van der Waals surface area contributed by atoms with E-state index in [0.29, 0.717) is 6.07 Å². The van der Waals surface area contributed by atoms with E-state index in [1.54, 1.807) is 12.1 Å². The monoisotopic (exact) mass is 396 g/mol. The summed E-state index contributed by atoms with van der Waals surface area (Å²) in [4.78, 5) is 0. The molecule has 0 N–H and O–H groups in total. The van der Waals surface area contributed by atoms with Crippen LogP contribution in [0.4, 0.5) is 13.2 Å². The highest BCUT2D eigenvalue weighted by Gasteiger charge is 2.35. The Labute approximate surface area is 163 Å². The molecule has 0 heterocycles. The molecule has 0 saturated heterocycles. The minimum atomic E-state index is -3.63. The van der Waals surface area contributed by atoms with Crippen molar-refractivity contribution >= 4 is 11.6 Å². The number of benzene rings is 2. The van der Waals surface area contributed by atoms with Gasteiger partial charge in [0.15, 0.2) is 0 Å². The molecular formula is C22H24ClF3O. The summed E-state index contributed by atoms with van der Waals surface area (Å²) >= 11 is 5.54. The SMILES string of the molecule is CC1CCC(CCc2ccc(OC(F)(F)c3ccc(Cl)c(F)c3)cc2)CC1. The minimum Gasteiger partial charge on any atom is -0.429 e. The first-order valence-corrected chi connectivity index (χ1v) is 9.82. The number of hydrogen-bond acceptors (Lipinski definition) is 1. The molecular weight excluding hydrogens is 373 g/mol. The lowest BCUT2D eigenvalue weighted by molar-refractivity contribution is -0.185. The molecule has 3 rings (SSSR count). The Hall–Kier alpha value is -1.68. The molecule has 0 unspecified atom stereocenters. The van der Waals surface area contributed by atoms with Crippen LogP contribution < -0.4 is 4.74 Å². The highest BCUT2D eigenvalue weighted by molar-refractivity contribution is 6.30. The fourth-order valence-electron chi connectivity index (χ4n) is 3.60. The molecule has 0 bridgehead atoms. The zero-order chi connectivity index (χ0) is 19.4. The molecule has 1 aliphatic carbocycles. The van der Waals surface area contributed by atoms with Crippen LogP contribution in [0.3, 0.4) is 0 Å². The molecule has 0 aromatic heterocycles. The Kier molecular flexibility index (Phi) is 6.36. The molecule has 146 valence electrons. The van der Waals surface area contributed by atoms with Crippen LogP contribution in [-0.4, -0.2) is 0 Å². The third-order valence-electron chi connectivity index (χ3n) is 5.40. The molecule has 0 radical (unpaired) electrons. The van der Waals surface area contributed by atoms with E-state index in [4.69, 9.17) is 16.3 Å². The van der Waals surface area contributed by atoms with Crippen molar-refractivity contribution in [2.75, 3.05) is 0 Å². The summed E-state index contributed by atoms with van der Waals surface area (Å²) in [6.45, 7) is 2.31. The number of hydrogen-bond donors (Lipinski definition) is 0. The van der Waals surface area contributed by atoms with E-state index in [9.17, 15) is 13.2 Å². The largest absolute Gasteiger partial charge is 0.429 e. The second-order valence-corrected chi connectivity index (χ2v) is 7.96. The Morgan fingerprint density at radius 3 is 2.33 bits per heavy atom. The molecule has 5 heteroatoms. The summed E-state index contributed by atoms with van der Waals surface area (Å²) in [6.07, 6.45) is 3.62. The Morgan fingerprint density at radius 2 is 1.70 bits per heavy atom. The van der Waals surface area contributed by atoms with E-state index in [0.717, 1.165) is 42.4 Å². The smallest absolute Gasteiger partial charge is 0.426 e. The maximum atomic E-state index is 14.2. The normalized spacial score (nSPS) is 20.5. The molecule has 0 spiro atoms. The Morgan fingerprint density at radius 1 is 1.04 bits per heavy atom. The van der Waals surface area contributed by atoms with Crippen LogP contribution in [-0.2, 0) is 12.5 Å². The van der Waals surface area contributed by atoms with Crippen LogP contribution in [0.5, 0.6) is 5.75 Å².